The van der Waals surface area contributed by atoms with Crippen molar-refractivity contribution in [3.63, 3.8) is 0 Å². The third-order valence-electron chi connectivity index (χ3n) is 5.25. The van der Waals surface area contributed by atoms with Gasteiger partial charge in [-0.05, 0) is 24.8 Å². The highest BCUT2D eigenvalue weighted by molar-refractivity contribution is 7.98. The van der Waals surface area contributed by atoms with Crippen LogP contribution in [0.3, 0.4) is 0 Å². The van der Waals surface area contributed by atoms with E-state index in [2.05, 4.69) is 4.98 Å². The van der Waals surface area contributed by atoms with Crippen LogP contribution in [0.25, 0.3) is 21.5 Å². The van der Waals surface area contributed by atoms with Crippen LogP contribution in [0.4, 0.5) is 0 Å². The summed E-state index contributed by atoms with van der Waals surface area (Å²) in [4.78, 5) is 24.7. The summed E-state index contributed by atoms with van der Waals surface area (Å²) in [6.45, 7) is 0.941. The number of hydrogen-bond acceptors (Lipinski definition) is 7. The highest BCUT2D eigenvalue weighted by Crippen LogP contribution is 2.36. The van der Waals surface area contributed by atoms with Crippen LogP contribution < -0.4 is 5.56 Å². The van der Waals surface area contributed by atoms with Gasteiger partial charge in [-0.3, -0.25) is 9.36 Å². The van der Waals surface area contributed by atoms with Crippen molar-refractivity contribution >= 4 is 33.3 Å². The summed E-state index contributed by atoms with van der Waals surface area (Å²) in [6, 6.07) is 9.89. The Bertz CT molecular complexity index is 1240. The number of thioether (sulfide) groups is 1. The van der Waals surface area contributed by atoms with Gasteiger partial charge in [-0.1, -0.05) is 42.1 Å². The zero-order valence-corrected chi connectivity index (χ0v) is 18.2. The minimum absolute atomic E-state index is 0.0383. The number of nitrogens with zero attached hydrogens (tertiary/aromatic N) is 3. The van der Waals surface area contributed by atoms with Crippen molar-refractivity contribution in [3.05, 3.63) is 63.2 Å². The predicted octanol–water partition coefficient (Wildman–Crippen LogP) is 4.54. The van der Waals surface area contributed by atoms with E-state index in [1.54, 1.807) is 29.2 Å². The fourth-order valence-corrected chi connectivity index (χ4v) is 5.97. The van der Waals surface area contributed by atoms with Crippen molar-refractivity contribution in [2.45, 2.75) is 36.7 Å². The standard InChI is InChI=1S/C22H21N3O3S2/c1-27-11-10-25-21(26)19-15-8-5-9-17(15)30-20(19)24-22(25)29-13-18-23-12-16(28-18)14-6-3-2-4-7-14/h2-4,6-7,12H,5,8-11,13H2,1H3. The molecular weight excluding hydrogens is 418 g/mol. The molecule has 0 saturated heterocycles. The van der Waals surface area contributed by atoms with Gasteiger partial charge < -0.3 is 9.15 Å². The smallest absolute Gasteiger partial charge is 0.263 e. The van der Waals surface area contributed by atoms with Crippen LogP contribution in [-0.2, 0) is 29.9 Å². The van der Waals surface area contributed by atoms with Gasteiger partial charge in [-0.15, -0.1) is 11.3 Å². The largest absolute Gasteiger partial charge is 0.440 e. The topological polar surface area (TPSA) is 70.2 Å². The molecule has 3 heterocycles. The molecule has 30 heavy (non-hydrogen) atoms. The van der Waals surface area contributed by atoms with E-state index in [0.29, 0.717) is 30.0 Å². The average Bonchev–Trinajstić information content (AvgIpc) is 3.48. The molecule has 0 N–H and O–H groups in total. The quantitative estimate of drug-likeness (QED) is 0.311. The van der Waals surface area contributed by atoms with E-state index < -0.39 is 0 Å². The second-order valence-electron chi connectivity index (χ2n) is 7.15. The first-order valence-corrected chi connectivity index (χ1v) is 11.7. The number of thiophene rings is 1. The first-order valence-electron chi connectivity index (χ1n) is 9.91. The summed E-state index contributed by atoms with van der Waals surface area (Å²) in [5.74, 6) is 1.85. The SMILES string of the molecule is COCCn1c(SCc2ncc(-c3ccccc3)o2)nc2sc3c(c2c1=O)CCC3. The van der Waals surface area contributed by atoms with Crippen molar-refractivity contribution in [1.29, 1.82) is 0 Å². The van der Waals surface area contributed by atoms with Crippen molar-refractivity contribution in [2.24, 2.45) is 0 Å². The third-order valence-corrected chi connectivity index (χ3v) is 7.39. The summed E-state index contributed by atoms with van der Waals surface area (Å²) in [7, 11) is 1.64. The summed E-state index contributed by atoms with van der Waals surface area (Å²) in [6.07, 6.45) is 4.89. The van der Waals surface area contributed by atoms with E-state index in [9.17, 15) is 4.79 Å². The van der Waals surface area contributed by atoms with Crippen LogP contribution in [0.15, 0.2) is 50.9 Å². The van der Waals surface area contributed by atoms with Gasteiger partial charge in [-0.25, -0.2) is 9.97 Å². The number of rotatable bonds is 7. The molecule has 0 aliphatic heterocycles. The molecule has 0 saturated carbocycles. The summed E-state index contributed by atoms with van der Waals surface area (Å²) in [5, 5.41) is 1.49. The summed E-state index contributed by atoms with van der Waals surface area (Å²) >= 11 is 3.14. The number of ether oxygens (including phenoxy) is 1. The molecule has 0 fully saturated rings. The maximum atomic E-state index is 13.3. The highest BCUT2D eigenvalue weighted by Gasteiger charge is 2.23. The monoisotopic (exact) mass is 439 g/mol. The maximum Gasteiger partial charge on any atom is 0.263 e. The lowest BCUT2D eigenvalue weighted by Gasteiger charge is -2.11. The lowest BCUT2D eigenvalue weighted by atomic mass is 10.2. The van der Waals surface area contributed by atoms with Gasteiger partial charge in [0.25, 0.3) is 5.56 Å². The number of aryl methyl sites for hydroxylation is 2. The summed E-state index contributed by atoms with van der Waals surface area (Å²) in [5.41, 5.74) is 2.23. The molecular formula is C22H21N3O3S2. The van der Waals surface area contributed by atoms with Gasteiger partial charge in [0.2, 0.25) is 5.89 Å². The fourth-order valence-electron chi connectivity index (χ4n) is 3.79. The molecule has 0 unspecified atom stereocenters. The Morgan fingerprint density at radius 3 is 2.97 bits per heavy atom. The molecule has 154 valence electrons. The van der Waals surface area contributed by atoms with E-state index in [4.69, 9.17) is 14.1 Å². The molecule has 0 atom stereocenters. The number of fused-ring (bicyclic) bond motifs is 3. The van der Waals surface area contributed by atoms with Gasteiger partial charge in [-0.2, -0.15) is 0 Å². The Labute approximate surface area is 181 Å². The zero-order valence-electron chi connectivity index (χ0n) is 16.6. The fraction of sp³-hybridized carbons (Fsp3) is 0.318. The van der Waals surface area contributed by atoms with Crippen molar-refractivity contribution < 1.29 is 9.15 Å². The minimum atomic E-state index is 0.0383. The Morgan fingerprint density at radius 2 is 2.13 bits per heavy atom. The number of aromatic nitrogens is 3. The van der Waals surface area contributed by atoms with Crippen molar-refractivity contribution in [2.75, 3.05) is 13.7 Å². The van der Waals surface area contributed by atoms with Crippen LogP contribution in [0, 0.1) is 0 Å². The van der Waals surface area contributed by atoms with Crippen LogP contribution in [0.5, 0.6) is 0 Å². The van der Waals surface area contributed by atoms with Gasteiger partial charge >= 0.3 is 0 Å². The molecule has 0 bridgehead atoms. The molecule has 1 aliphatic carbocycles. The lowest BCUT2D eigenvalue weighted by molar-refractivity contribution is 0.183. The Balaban J connectivity index is 1.45. The minimum Gasteiger partial charge on any atom is -0.440 e. The number of methoxy groups -OCH3 is 1. The molecule has 4 aromatic rings. The molecule has 8 heteroatoms. The molecule has 0 amide bonds. The first kappa shape index (κ1) is 19.5. The van der Waals surface area contributed by atoms with E-state index in [1.165, 1.54) is 22.2 Å². The van der Waals surface area contributed by atoms with Gasteiger partial charge in [0.1, 0.15) is 4.83 Å². The zero-order chi connectivity index (χ0) is 20.5. The Hall–Kier alpha value is -2.42. The molecule has 3 aromatic heterocycles. The van der Waals surface area contributed by atoms with Crippen LogP contribution in [-0.4, -0.2) is 28.3 Å². The van der Waals surface area contributed by atoms with Gasteiger partial charge in [0, 0.05) is 17.6 Å². The second-order valence-corrected chi connectivity index (χ2v) is 9.18. The number of hydrogen-bond donors (Lipinski definition) is 0. The first-order chi connectivity index (χ1) is 14.7. The average molecular weight is 440 g/mol. The predicted molar refractivity (Wildman–Crippen MR) is 119 cm³/mol. The number of benzene rings is 1. The molecule has 6 nitrogen and oxygen atoms in total. The van der Waals surface area contributed by atoms with Crippen LogP contribution in [0.1, 0.15) is 22.8 Å². The van der Waals surface area contributed by atoms with Crippen LogP contribution >= 0.6 is 23.1 Å². The Morgan fingerprint density at radius 1 is 1.27 bits per heavy atom. The van der Waals surface area contributed by atoms with E-state index in [0.717, 1.165) is 40.8 Å². The van der Waals surface area contributed by atoms with E-state index >= 15 is 0 Å². The Kier molecular flexibility index (Phi) is 5.45. The van der Waals surface area contributed by atoms with Gasteiger partial charge in [0.05, 0.1) is 30.5 Å². The molecule has 1 aromatic carbocycles. The third kappa shape index (κ3) is 3.59. The number of oxazole rings is 1. The molecule has 0 spiro atoms. The maximum absolute atomic E-state index is 13.3. The lowest BCUT2D eigenvalue weighted by Crippen LogP contribution is -2.25. The summed E-state index contributed by atoms with van der Waals surface area (Å²) < 4.78 is 12.9. The highest BCUT2D eigenvalue weighted by atomic mass is 32.2. The molecule has 5 rings (SSSR count). The van der Waals surface area contributed by atoms with Crippen LogP contribution in [0.2, 0.25) is 0 Å². The molecule has 0 radical (unpaired) electrons. The second kappa shape index (κ2) is 8.37. The molecule has 1 aliphatic rings. The van der Waals surface area contributed by atoms with E-state index in [1.807, 2.05) is 30.3 Å². The van der Waals surface area contributed by atoms with Crippen molar-refractivity contribution in [1.82, 2.24) is 14.5 Å². The van der Waals surface area contributed by atoms with E-state index in [-0.39, 0.29) is 5.56 Å². The van der Waals surface area contributed by atoms with Crippen molar-refractivity contribution in [3.8, 4) is 11.3 Å². The van der Waals surface area contributed by atoms with Gasteiger partial charge in [0.15, 0.2) is 10.9 Å². The normalized spacial score (nSPS) is 13.2.